The Hall–Kier alpha value is -3.89. The summed E-state index contributed by atoms with van der Waals surface area (Å²) in [6, 6.07) is 10.2. The number of hydrogen-bond donors (Lipinski definition) is 1. The maximum absolute atomic E-state index is 13.1. The monoisotopic (exact) mass is 490 g/mol. The zero-order valence-electron chi connectivity index (χ0n) is 19.2. The highest BCUT2D eigenvalue weighted by atomic mass is 19.4. The van der Waals surface area contributed by atoms with Crippen LogP contribution in [0.1, 0.15) is 45.9 Å². The van der Waals surface area contributed by atoms with Crippen molar-refractivity contribution in [2.24, 2.45) is 0 Å². The quantitative estimate of drug-likeness (QED) is 0.433. The average molecular weight is 490 g/mol. The lowest BCUT2D eigenvalue weighted by Gasteiger charge is -2.33. The highest BCUT2D eigenvalue weighted by Gasteiger charge is 2.32. The Bertz CT molecular complexity index is 1390. The molecule has 1 aliphatic heterocycles. The van der Waals surface area contributed by atoms with Crippen LogP contribution in [0.3, 0.4) is 0 Å². The molecular weight excluding hydrogens is 468 g/mol. The third kappa shape index (κ3) is 4.91. The first-order valence-corrected chi connectivity index (χ1v) is 11.5. The van der Waals surface area contributed by atoms with Crippen LogP contribution in [0.25, 0.3) is 5.65 Å². The highest BCUT2D eigenvalue weighted by molar-refractivity contribution is 6.36. The second-order valence-electron chi connectivity index (χ2n) is 8.79. The van der Waals surface area contributed by atoms with Crippen LogP contribution in [0.15, 0.2) is 61.1 Å². The molecule has 1 fully saturated rings. The number of piperidine rings is 1. The Morgan fingerprint density at radius 2 is 2.03 bits per heavy atom. The molecule has 0 bridgehead atoms. The number of nitrogens with zero attached hydrogens (tertiary/aromatic N) is 5. The molecule has 0 aliphatic carbocycles. The molecule has 1 atom stereocenters. The average Bonchev–Trinajstić information content (AvgIpc) is 3.27. The molecule has 7 nitrogen and oxygen atoms in total. The number of fused-ring (bicyclic) bond motifs is 1. The molecule has 0 saturated carbocycles. The number of carbonyl (C=O) groups is 1. The molecule has 4 aromatic rings. The fourth-order valence-corrected chi connectivity index (χ4v) is 4.44. The standard InChI is InChI=1S/C25H22BF3N6O/c26-20-14-32-35-22(31-13-16-4-2-8-30-12-16)11-21(33-23(20)35)18-6-3-9-34(15-18)24(36)17-5-1-7-19(10-17)25(27,28)29/h1-2,4-5,7-8,10-12,14,18,31H,3,6,9,13,15H2. The summed E-state index contributed by atoms with van der Waals surface area (Å²) >= 11 is 0. The van der Waals surface area contributed by atoms with Gasteiger partial charge in [-0.15, -0.1) is 0 Å². The third-order valence-electron chi connectivity index (χ3n) is 6.28. The number of halogens is 3. The second-order valence-corrected chi connectivity index (χ2v) is 8.79. The number of hydrogen-bond acceptors (Lipinski definition) is 5. The number of nitrogens with one attached hydrogen (secondary N) is 1. The van der Waals surface area contributed by atoms with Crippen molar-refractivity contribution in [1.29, 1.82) is 0 Å². The normalized spacial score (nSPS) is 16.3. The van der Waals surface area contributed by atoms with E-state index in [1.54, 1.807) is 21.8 Å². The molecule has 1 aliphatic rings. The van der Waals surface area contributed by atoms with Crippen molar-refractivity contribution in [3.05, 3.63) is 83.4 Å². The van der Waals surface area contributed by atoms with Crippen LogP contribution >= 0.6 is 0 Å². The van der Waals surface area contributed by atoms with Gasteiger partial charge in [-0.2, -0.15) is 22.8 Å². The minimum atomic E-state index is -4.51. The molecule has 182 valence electrons. The van der Waals surface area contributed by atoms with E-state index in [1.807, 2.05) is 18.2 Å². The van der Waals surface area contributed by atoms with Gasteiger partial charge in [0.05, 0.1) is 11.3 Å². The summed E-state index contributed by atoms with van der Waals surface area (Å²) in [5.41, 5.74) is 1.84. The third-order valence-corrected chi connectivity index (χ3v) is 6.28. The molecule has 1 unspecified atom stereocenters. The van der Waals surface area contributed by atoms with Crippen LogP contribution in [0.2, 0.25) is 0 Å². The number of amides is 1. The van der Waals surface area contributed by atoms with Crippen molar-refractivity contribution in [2.75, 3.05) is 18.4 Å². The maximum atomic E-state index is 13.1. The summed E-state index contributed by atoms with van der Waals surface area (Å²) in [6.07, 6.45) is 1.98. The topological polar surface area (TPSA) is 75.4 Å². The van der Waals surface area contributed by atoms with Crippen LogP contribution < -0.4 is 10.8 Å². The Morgan fingerprint density at radius 3 is 2.81 bits per heavy atom. The molecule has 3 aromatic heterocycles. The minimum Gasteiger partial charge on any atom is -0.366 e. The summed E-state index contributed by atoms with van der Waals surface area (Å²) in [4.78, 5) is 23.5. The molecule has 0 spiro atoms. The van der Waals surface area contributed by atoms with Crippen LogP contribution in [-0.4, -0.2) is 51.3 Å². The summed E-state index contributed by atoms with van der Waals surface area (Å²) < 4.78 is 41.0. The number of benzene rings is 1. The van der Waals surface area contributed by atoms with Crippen LogP contribution in [-0.2, 0) is 12.7 Å². The first-order chi connectivity index (χ1) is 17.3. The fraction of sp³-hybridized carbons (Fsp3) is 0.280. The van der Waals surface area contributed by atoms with Gasteiger partial charge in [0, 0.05) is 55.8 Å². The highest BCUT2D eigenvalue weighted by Crippen LogP contribution is 2.31. The number of pyridine rings is 1. The van der Waals surface area contributed by atoms with Gasteiger partial charge in [0.2, 0.25) is 0 Å². The van der Waals surface area contributed by atoms with Gasteiger partial charge in [-0.05, 0) is 48.1 Å². The second kappa shape index (κ2) is 9.64. The number of anilines is 1. The van der Waals surface area contributed by atoms with E-state index in [0.717, 1.165) is 29.8 Å². The van der Waals surface area contributed by atoms with Crippen LogP contribution in [0.5, 0.6) is 0 Å². The molecule has 2 radical (unpaired) electrons. The van der Waals surface area contributed by atoms with Crippen molar-refractivity contribution < 1.29 is 18.0 Å². The fourth-order valence-electron chi connectivity index (χ4n) is 4.44. The molecule has 36 heavy (non-hydrogen) atoms. The first kappa shape index (κ1) is 23.8. The van der Waals surface area contributed by atoms with Crippen molar-refractivity contribution in [1.82, 2.24) is 24.5 Å². The Morgan fingerprint density at radius 1 is 1.17 bits per heavy atom. The van der Waals surface area contributed by atoms with E-state index < -0.39 is 17.6 Å². The van der Waals surface area contributed by atoms with Crippen molar-refractivity contribution in [3.63, 3.8) is 0 Å². The number of likely N-dealkylation sites (tertiary alicyclic amines) is 1. The van der Waals surface area contributed by atoms with E-state index in [1.165, 1.54) is 18.3 Å². The van der Waals surface area contributed by atoms with Gasteiger partial charge in [-0.25, -0.2) is 4.98 Å². The summed E-state index contributed by atoms with van der Waals surface area (Å²) in [7, 11) is 6.11. The van der Waals surface area contributed by atoms with E-state index in [2.05, 4.69) is 15.4 Å². The lowest BCUT2D eigenvalue weighted by Crippen LogP contribution is -2.39. The Labute approximate surface area is 206 Å². The number of alkyl halides is 3. The van der Waals surface area contributed by atoms with Crippen LogP contribution in [0.4, 0.5) is 19.0 Å². The lowest BCUT2D eigenvalue weighted by atomic mass is 9.93. The van der Waals surface area contributed by atoms with Gasteiger partial charge >= 0.3 is 6.18 Å². The summed E-state index contributed by atoms with van der Waals surface area (Å²) in [5, 5.41) is 7.68. The van der Waals surface area contributed by atoms with E-state index in [0.29, 0.717) is 43.0 Å². The largest absolute Gasteiger partial charge is 0.416 e. The zero-order valence-corrected chi connectivity index (χ0v) is 19.2. The van der Waals surface area contributed by atoms with E-state index in [9.17, 15) is 18.0 Å². The van der Waals surface area contributed by atoms with E-state index in [-0.39, 0.29) is 11.5 Å². The lowest BCUT2D eigenvalue weighted by molar-refractivity contribution is -0.137. The molecular formula is C25H22BF3N6O. The van der Waals surface area contributed by atoms with Crippen LogP contribution in [0, 0.1) is 0 Å². The predicted molar refractivity (Wildman–Crippen MR) is 129 cm³/mol. The van der Waals surface area contributed by atoms with Crippen molar-refractivity contribution >= 4 is 30.7 Å². The summed E-state index contributed by atoms with van der Waals surface area (Å²) in [6.45, 7) is 1.32. The number of aromatic nitrogens is 4. The minimum absolute atomic E-state index is 0.0211. The SMILES string of the molecule is [B]c1cnn2c(NCc3cccnc3)cc(C3CCCN(C(=O)c4cccc(C(F)(F)F)c4)C3)nc12. The molecule has 1 aromatic carbocycles. The molecule has 11 heteroatoms. The Balaban J connectivity index is 1.40. The Kier molecular flexibility index (Phi) is 6.38. The first-order valence-electron chi connectivity index (χ1n) is 11.5. The van der Waals surface area contributed by atoms with Crippen molar-refractivity contribution in [2.45, 2.75) is 31.5 Å². The van der Waals surface area contributed by atoms with Gasteiger partial charge in [-0.3, -0.25) is 9.78 Å². The van der Waals surface area contributed by atoms with Crippen molar-refractivity contribution in [3.8, 4) is 0 Å². The number of carbonyl (C=O) groups excluding carboxylic acids is 1. The van der Waals surface area contributed by atoms with Gasteiger partial charge in [0.1, 0.15) is 13.7 Å². The maximum Gasteiger partial charge on any atom is 0.416 e. The molecule has 1 N–H and O–H groups in total. The van der Waals surface area contributed by atoms with E-state index in [4.69, 9.17) is 12.8 Å². The number of rotatable bonds is 5. The molecule has 4 heterocycles. The van der Waals surface area contributed by atoms with Gasteiger partial charge in [-0.1, -0.05) is 12.1 Å². The van der Waals surface area contributed by atoms with Gasteiger partial charge in [0.15, 0.2) is 5.65 Å². The molecule has 1 amide bonds. The van der Waals surface area contributed by atoms with Gasteiger partial charge in [0.25, 0.3) is 5.91 Å². The smallest absolute Gasteiger partial charge is 0.366 e. The van der Waals surface area contributed by atoms with Gasteiger partial charge < -0.3 is 10.2 Å². The molecule has 5 rings (SSSR count). The zero-order chi connectivity index (χ0) is 25.3. The van der Waals surface area contributed by atoms with E-state index >= 15 is 0 Å². The predicted octanol–water partition coefficient (Wildman–Crippen LogP) is 3.57. The molecule has 1 saturated heterocycles. The summed E-state index contributed by atoms with van der Waals surface area (Å²) in [5.74, 6) is 0.161.